The quantitative estimate of drug-likeness (QED) is 0.313. The van der Waals surface area contributed by atoms with Gasteiger partial charge in [0.15, 0.2) is 0 Å². The van der Waals surface area contributed by atoms with Crippen LogP contribution >= 0.6 is 0 Å². The molecule has 0 aliphatic heterocycles. The van der Waals surface area contributed by atoms with Crippen molar-refractivity contribution in [1.29, 1.82) is 0 Å². The summed E-state index contributed by atoms with van der Waals surface area (Å²) in [6.07, 6.45) is 0. The van der Waals surface area contributed by atoms with Crippen molar-refractivity contribution in [3.05, 3.63) is 0 Å². The Morgan fingerprint density at radius 1 is 0.786 bits per heavy atom. The van der Waals surface area contributed by atoms with Crippen LogP contribution in [0, 0.1) is 0 Å². The number of hydrogen-bond donors (Lipinski definition) is 2. The first-order valence-electron chi connectivity index (χ1n) is 0.698. The Bertz CT molecular complexity index is 109. The van der Waals surface area contributed by atoms with Gasteiger partial charge in [0.1, 0.15) is 0 Å². The predicted molar refractivity (Wildman–Crippen MR) is 37.0 cm³/mol. The monoisotopic (exact) mass is 363 g/mol. The summed E-state index contributed by atoms with van der Waals surface area (Å²) >= 11 is 0. The molecule has 14 heavy (non-hydrogen) atoms. The molecule has 0 aliphatic rings. The summed E-state index contributed by atoms with van der Waals surface area (Å²) in [6.45, 7) is 0. The Kier molecular flexibility index (Phi) is 314. The molecule has 101 valence electrons. The zero-order chi connectivity index (χ0) is 4.50. The molecule has 14 heteroatoms. The van der Waals surface area contributed by atoms with Gasteiger partial charge in [0.25, 0.3) is 0 Å². The van der Waals surface area contributed by atoms with E-state index in [1.807, 2.05) is 0 Å². The molecule has 0 saturated carbocycles. The molecular weight excluding hydrogens is 349 g/mol. The molecular formula is H15CoKNiO10S. The van der Waals surface area contributed by atoms with Crippen molar-refractivity contribution < 1.29 is 136 Å². The normalized spacial score (nSPS) is 4.14. The maximum absolute atomic E-state index is 8.74. The molecule has 0 unspecified atom stereocenters. The number of rotatable bonds is 0. The largest absolute Gasteiger partial charge is 1.00 e. The van der Waals surface area contributed by atoms with Crippen LogP contribution in [0.25, 0.3) is 0 Å². The first kappa shape index (κ1) is 96.5. The van der Waals surface area contributed by atoms with Crippen LogP contribution in [-0.4, -0.2) is 50.4 Å². The van der Waals surface area contributed by atoms with E-state index in [1.165, 1.54) is 0 Å². The molecule has 0 aromatic heterocycles. The first-order valence-corrected chi connectivity index (χ1v) is 2.10. The molecule has 0 bridgehead atoms. The van der Waals surface area contributed by atoms with Gasteiger partial charge in [-0.05, 0) is 0 Å². The van der Waals surface area contributed by atoms with E-state index in [1.54, 1.807) is 0 Å². The molecule has 10 nitrogen and oxygen atoms in total. The van der Waals surface area contributed by atoms with Crippen molar-refractivity contribution in [2.75, 3.05) is 0 Å². The fourth-order valence-electron chi connectivity index (χ4n) is 0. The second-order valence-corrected chi connectivity index (χ2v) is 1.34. The second-order valence-electron chi connectivity index (χ2n) is 0.448. The van der Waals surface area contributed by atoms with Gasteiger partial charge in [-0.2, -0.15) is 8.42 Å². The minimum absolute atomic E-state index is 0. The molecule has 0 atom stereocenters. The third-order valence-corrected chi connectivity index (χ3v) is 0. The Morgan fingerprint density at radius 3 is 0.786 bits per heavy atom. The van der Waals surface area contributed by atoms with Gasteiger partial charge in [-0.1, -0.05) is 0 Å². The van der Waals surface area contributed by atoms with E-state index in [2.05, 4.69) is 0 Å². The van der Waals surface area contributed by atoms with E-state index in [4.69, 9.17) is 17.5 Å². The van der Waals surface area contributed by atoms with Crippen LogP contribution in [-0.2, 0) is 43.7 Å². The van der Waals surface area contributed by atoms with Crippen LogP contribution in [0.3, 0.4) is 0 Å². The summed E-state index contributed by atoms with van der Waals surface area (Å²) in [4.78, 5) is 0. The van der Waals surface area contributed by atoms with Crippen LogP contribution in [0.2, 0.25) is 0 Å². The summed E-state index contributed by atoms with van der Waals surface area (Å²) in [5.41, 5.74) is 0. The molecule has 14 N–H and O–H groups in total. The van der Waals surface area contributed by atoms with Crippen molar-refractivity contribution >= 4 is 10.4 Å². The van der Waals surface area contributed by atoms with Gasteiger partial charge in [-0.3, -0.25) is 9.11 Å². The van der Waals surface area contributed by atoms with Crippen molar-refractivity contribution in [1.82, 2.24) is 0 Å². The topological polar surface area (TPSA) is 264 Å². The summed E-state index contributed by atoms with van der Waals surface area (Å²) in [7, 11) is -4.67. The zero-order valence-electron chi connectivity index (χ0n) is 7.77. The Hall–Kier alpha value is 2.27. The average molecular weight is 364 g/mol. The minimum Gasteiger partial charge on any atom is -1.00 e. The second kappa shape index (κ2) is 45.5. The number of hydrogen-bond acceptors (Lipinski definition) is 2. The molecule has 1 radical (unpaired) electrons. The molecule has 0 aliphatic carbocycles. The summed E-state index contributed by atoms with van der Waals surface area (Å²) in [5.74, 6) is 0. The van der Waals surface area contributed by atoms with Crippen molar-refractivity contribution in [2.24, 2.45) is 0 Å². The molecule has 0 saturated heterocycles. The van der Waals surface area contributed by atoms with Gasteiger partial charge in [-0.15, -0.1) is 0 Å². The zero-order valence-corrected chi connectivity index (χ0v) is 12.7. The van der Waals surface area contributed by atoms with Crippen LogP contribution in [0.15, 0.2) is 0 Å². The average Bonchev–Trinajstić information content (AvgIpc) is 0.722. The first-order chi connectivity index (χ1) is 2.00. The summed E-state index contributed by atoms with van der Waals surface area (Å²) in [6, 6.07) is 0. The summed E-state index contributed by atoms with van der Waals surface area (Å²) in [5, 5.41) is 0. The fourth-order valence-corrected chi connectivity index (χ4v) is 0. The van der Waals surface area contributed by atoms with E-state index in [-0.39, 0.29) is 119 Å². The molecule has 0 spiro atoms. The van der Waals surface area contributed by atoms with Gasteiger partial charge < -0.3 is 34.3 Å². The van der Waals surface area contributed by atoms with E-state index in [9.17, 15) is 0 Å². The third-order valence-electron chi connectivity index (χ3n) is 0. The Morgan fingerprint density at radius 2 is 0.786 bits per heavy atom. The van der Waals surface area contributed by atoms with Crippen molar-refractivity contribution in [3.8, 4) is 0 Å². The van der Waals surface area contributed by atoms with Crippen LogP contribution < -0.4 is 51.4 Å². The van der Waals surface area contributed by atoms with Gasteiger partial charge >= 0.3 is 61.8 Å². The minimum atomic E-state index is -4.67. The van der Waals surface area contributed by atoms with E-state index in [0.717, 1.165) is 0 Å². The SMILES string of the molecule is O.O.O.O.O.O.O=S(=O)(O)O.[Co].[H-].[K+].[Ni]. The van der Waals surface area contributed by atoms with E-state index in [0.29, 0.717) is 0 Å². The summed E-state index contributed by atoms with van der Waals surface area (Å²) < 4.78 is 31.6. The van der Waals surface area contributed by atoms with Crippen molar-refractivity contribution in [3.63, 3.8) is 0 Å². The Labute approximate surface area is 145 Å². The molecule has 0 aromatic rings. The maximum atomic E-state index is 8.74. The standard InChI is InChI=1S/Co.K.Ni.H2O4S.6H2O.H/c;;;1-5(2,3)4;;;;;;;/h;;;(H2,1,2,3,4);6*1H2;/q;+1;;;;;;;;;-1. The molecule has 0 aromatic carbocycles. The molecule has 0 amide bonds. The van der Waals surface area contributed by atoms with Crippen LogP contribution in [0.4, 0.5) is 0 Å². The van der Waals surface area contributed by atoms with Gasteiger partial charge in [0, 0.05) is 33.3 Å². The third kappa shape index (κ3) is 489. The van der Waals surface area contributed by atoms with Gasteiger partial charge in [-0.25, -0.2) is 0 Å². The fraction of sp³-hybridized carbons (Fsp3) is 0. The van der Waals surface area contributed by atoms with Gasteiger partial charge in [0.2, 0.25) is 0 Å². The molecule has 0 fully saturated rings. The Balaban J connectivity index is -0.00000000178. The molecule has 0 heterocycles. The predicted octanol–water partition coefficient (Wildman–Crippen LogP) is -8.49. The molecule has 0 rings (SSSR count). The maximum Gasteiger partial charge on any atom is 1.00 e. The van der Waals surface area contributed by atoms with E-state index < -0.39 is 10.4 Å². The van der Waals surface area contributed by atoms with E-state index >= 15 is 0 Å². The van der Waals surface area contributed by atoms with Crippen LogP contribution in [0.1, 0.15) is 1.43 Å². The van der Waals surface area contributed by atoms with Gasteiger partial charge in [0.05, 0.1) is 0 Å². The smallest absolute Gasteiger partial charge is 1.00 e. The van der Waals surface area contributed by atoms with Crippen LogP contribution in [0.5, 0.6) is 0 Å². The van der Waals surface area contributed by atoms with Crippen molar-refractivity contribution in [2.45, 2.75) is 0 Å².